The van der Waals surface area contributed by atoms with E-state index in [-0.39, 0.29) is 29.9 Å². The number of carbonyl (C=O) groups is 2. The van der Waals surface area contributed by atoms with Gasteiger partial charge in [0, 0.05) is 37.4 Å². The molecule has 6 atom stereocenters. The molecule has 0 aromatic heterocycles. The van der Waals surface area contributed by atoms with E-state index in [0.717, 1.165) is 58.3 Å². The van der Waals surface area contributed by atoms with Crippen LogP contribution in [0.4, 0.5) is 9.59 Å². The van der Waals surface area contributed by atoms with E-state index in [1.54, 1.807) is 0 Å². The average Bonchev–Trinajstić information content (AvgIpc) is 3.14. The Hall–Kier alpha value is -1.58. The van der Waals surface area contributed by atoms with Crippen molar-refractivity contribution in [1.82, 2.24) is 9.80 Å². The molecule has 6 aliphatic rings. The highest BCUT2D eigenvalue weighted by molar-refractivity contribution is 5.70. The number of hydrogen-bond donors (Lipinski definition) is 1. The average molecular weight is 553 g/mol. The molecule has 9 nitrogen and oxygen atoms in total. The van der Waals surface area contributed by atoms with Crippen LogP contribution in [0.2, 0.25) is 0 Å². The number of nitrogens with zero attached hydrogens (tertiary/aromatic N) is 2. The summed E-state index contributed by atoms with van der Waals surface area (Å²) in [5, 5.41) is 10.1. The van der Waals surface area contributed by atoms with E-state index in [1.807, 2.05) is 58.3 Å². The standard InChI is InChI=1S/C13H21NO3.C13H23NO3.C4H8O/c1-12(2,3)17-11(15)14-9-4-5-10(14)7-13(6-9)8-16-13;1-12(2,3)17-11(15)14-9-5-6-10(14)8-13(4,16)7-9;1-2-4-5-3-1/h9-10H,4-8H2,1-3H3;9-10,16H,5-8H2,1-4H3;1-4H2/t2*9-,10+,13?;. The molecule has 2 unspecified atom stereocenters. The van der Waals surface area contributed by atoms with Crippen molar-refractivity contribution < 1.29 is 33.6 Å². The molecule has 0 aliphatic carbocycles. The molecule has 6 heterocycles. The monoisotopic (exact) mass is 552 g/mol. The first-order chi connectivity index (χ1) is 18.1. The van der Waals surface area contributed by atoms with Gasteiger partial charge in [-0.3, -0.25) is 0 Å². The van der Waals surface area contributed by atoms with Crippen LogP contribution in [0.1, 0.15) is 113 Å². The molecule has 0 radical (unpaired) electrons. The number of amides is 2. The molecular formula is C30H52N2O7. The Labute approximate surface area is 234 Å². The molecule has 224 valence electrons. The van der Waals surface area contributed by atoms with E-state index < -0.39 is 16.8 Å². The van der Waals surface area contributed by atoms with Crippen molar-refractivity contribution in [2.24, 2.45) is 0 Å². The molecule has 0 aromatic carbocycles. The number of piperidine rings is 2. The van der Waals surface area contributed by atoms with Crippen molar-refractivity contribution in [2.75, 3.05) is 19.8 Å². The van der Waals surface area contributed by atoms with Crippen LogP contribution >= 0.6 is 0 Å². The van der Waals surface area contributed by atoms with Gasteiger partial charge in [0.15, 0.2) is 0 Å². The van der Waals surface area contributed by atoms with Crippen LogP contribution in [0.25, 0.3) is 0 Å². The molecule has 6 fully saturated rings. The highest BCUT2D eigenvalue weighted by Gasteiger charge is 2.57. The summed E-state index contributed by atoms with van der Waals surface area (Å²) in [5.41, 5.74) is -1.34. The number of carbonyl (C=O) groups excluding carboxylic acids is 2. The highest BCUT2D eigenvalue weighted by atomic mass is 16.6. The third kappa shape index (κ3) is 8.23. The summed E-state index contributed by atoms with van der Waals surface area (Å²) < 4.78 is 21.4. The molecule has 9 heteroatoms. The highest BCUT2D eigenvalue weighted by Crippen LogP contribution is 2.49. The molecule has 0 saturated carbocycles. The quantitative estimate of drug-likeness (QED) is 0.401. The van der Waals surface area contributed by atoms with Crippen LogP contribution in [-0.2, 0) is 18.9 Å². The van der Waals surface area contributed by atoms with Gasteiger partial charge in [0.1, 0.15) is 11.2 Å². The van der Waals surface area contributed by atoms with Gasteiger partial charge in [0.25, 0.3) is 0 Å². The largest absolute Gasteiger partial charge is 0.444 e. The van der Waals surface area contributed by atoms with Crippen molar-refractivity contribution in [2.45, 2.75) is 159 Å². The summed E-state index contributed by atoms with van der Waals surface area (Å²) >= 11 is 0. The number of aliphatic hydroxyl groups is 1. The maximum Gasteiger partial charge on any atom is 0.410 e. The fraction of sp³-hybridized carbons (Fsp3) is 0.933. The first-order valence-corrected chi connectivity index (χ1v) is 15.0. The van der Waals surface area contributed by atoms with E-state index in [0.29, 0.717) is 24.9 Å². The van der Waals surface area contributed by atoms with Gasteiger partial charge in [-0.25, -0.2) is 9.59 Å². The first kappa shape index (κ1) is 30.4. The number of epoxide rings is 1. The lowest BCUT2D eigenvalue weighted by atomic mass is 9.88. The summed E-state index contributed by atoms with van der Waals surface area (Å²) in [6.07, 6.45) is 9.72. The zero-order valence-corrected chi connectivity index (χ0v) is 25.3. The minimum Gasteiger partial charge on any atom is -0.444 e. The summed E-state index contributed by atoms with van der Waals surface area (Å²) in [4.78, 5) is 28.1. The van der Waals surface area contributed by atoms with Crippen molar-refractivity contribution >= 4 is 12.2 Å². The smallest absolute Gasteiger partial charge is 0.410 e. The van der Waals surface area contributed by atoms with Crippen LogP contribution < -0.4 is 0 Å². The van der Waals surface area contributed by atoms with E-state index in [1.165, 1.54) is 12.8 Å². The maximum absolute atomic E-state index is 12.2. The molecule has 6 saturated heterocycles. The molecular weight excluding hydrogens is 500 g/mol. The van der Waals surface area contributed by atoms with E-state index >= 15 is 0 Å². The summed E-state index contributed by atoms with van der Waals surface area (Å²) in [5.74, 6) is 0. The van der Waals surface area contributed by atoms with Gasteiger partial charge >= 0.3 is 12.2 Å². The fourth-order valence-electron chi connectivity index (χ4n) is 6.84. The second-order valence-corrected chi connectivity index (χ2v) is 14.6. The molecule has 6 rings (SSSR count). The Morgan fingerprint density at radius 1 is 0.744 bits per heavy atom. The SMILES string of the molecule is C1CCOC1.CC(C)(C)OC(=O)N1[C@@H]2CC[C@H]1CC1(CO1)C2.CC1(O)C[C@H]2CC[C@@H](C1)N2C(=O)OC(C)(C)C. The predicted octanol–water partition coefficient (Wildman–Crippen LogP) is 5.41. The van der Waals surface area contributed by atoms with E-state index in [9.17, 15) is 14.7 Å². The van der Waals surface area contributed by atoms with Crippen LogP contribution in [0.15, 0.2) is 0 Å². The number of fused-ring (bicyclic) bond motifs is 4. The molecule has 6 aliphatic heterocycles. The number of hydrogen-bond acceptors (Lipinski definition) is 7. The first-order valence-electron chi connectivity index (χ1n) is 15.0. The third-order valence-corrected chi connectivity index (χ3v) is 8.39. The fourth-order valence-corrected chi connectivity index (χ4v) is 6.84. The lowest BCUT2D eigenvalue weighted by Gasteiger charge is -2.42. The molecule has 0 aromatic rings. The Morgan fingerprint density at radius 3 is 1.38 bits per heavy atom. The third-order valence-electron chi connectivity index (χ3n) is 8.39. The lowest BCUT2D eigenvalue weighted by molar-refractivity contribution is -0.0483. The maximum atomic E-state index is 12.2. The van der Waals surface area contributed by atoms with Crippen molar-refractivity contribution in [1.29, 1.82) is 0 Å². The summed E-state index contributed by atoms with van der Waals surface area (Å²) in [6.45, 7) is 16.2. The normalized spacial score (nSPS) is 36.5. The molecule has 39 heavy (non-hydrogen) atoms. The molecule has 4 bridgehead atoms. The Balaban J connectivity index is 0.000000154. The Morgan fingerprint density at radius 2 is 1.10 bits per heavy atom. The van der Waals surface area contributed by atoms with E-state index in [2.05, 4.69) is 0 Å². The van der Waals surface area contributed by atoms with Gasteiger partial charge in [-0.2, -0.15) is 0 Å². The van der Waals surface area contributed by atoms with E-state index in [4.69, 9.17) is 18.9 Å². The van der Waals surface area contributed by atoms with Crippen LogP contribution in [0.5, 0.6) is 0 Å². The van der Waals surface area contributed by atoms with Gasteiger partial charge in [-0.1, -0.05) is 0 Å². The zero-order valence-electron chi connectivity index (χ0n) is 25.3. The minimum atomic E-state index is -0.621. The van der Waals surface area contributed by atoms with Gasteiger partial charge in [0.2, 0.25) is 0 Å². The molecule has 2 amide bonds. The second kappa shape index (κ2) is 11.4. The number of rotatable bonds is 0. The molecule has 1 spiro atoms. The Kier molecular flexibility index (Phi) is 8.85. The Bertz CT molecular complexity index is 776. The van der Waals surface area contributed by atoms with Crippen molar-refractivity contribution in [3.05, 3.63) is 0 Å². The van der Waals surface area contributed by atoms with Crippen LogP contribution in [0.3, 0.4) is 0 Å². The predicted molar refractivity (Wildman–Crippen MR) is 148 cm³/mol. The minimum absolute atomic E-state index is 0.129. The lowest BCUT2D eigenvalue weighted by Crippen LogP contribution is -2.53. The van der Waals surface area contributed by atoms with Gasteiger partial charge in [0.05, 0.1) is 17.8 Å². The summed E-state index contributed by atoms with van der Waals surface area (Å²) in [6, 6.07) is 0.981. The topological polar surface area (TPSA) is 101 Å². The van der Waals surface area contributed by atoms with Crippen molar-refractivity contribution in [3.63, 3.8) is 0 Å². The summed E-state index contributed by atoms with van der Waals surface area (Å²) in [7, 11) is 0. The van der Waals surface area contributed by atoms with Gasteiger partial charge in [-0.15, -0.1) is 0 Å². The molecule has 1 N–H and O–H groups in total. The zero-order chi connectivity index (χ0) is 28.6. The van der Waals surface area contributed by atoms with Gasteiger partial charge < -0.3 is 33.9 Å². The second-order valence-electron chi connectivity index (χ2n) is 14.6. The number of ether oxygens (including phenoxy) is 4. The van der Waals surface area contributed by atoms with Crippen LogP contribution in [0, 0.1) is 0 Å². The van der Waals surface area contributed by atoms with Crippen molar-refractivity contribution in [3.8, 4) is 0 Å². The van der Waals surface area contributed by atoms with Gasteiger partial charge in [-0.05, 0) is 113 Å². The van der Waals surface area contributed by atoms with Crippen LogP contribution in [-0.4, -0.2) is 93.5 Å².